The first-order chi connectivity index (χ1) is 4.89. The van der Waals surface area contributed by atoms with E-state index in [0.29, 0.717) is 0 Å². The van der Waals surface area contributed by atoms with E-state index in [2.05, 4.69) is 38.8 Å². The molecule has 0 saturated heterocycles. The van der Waals surface area contributed by atoms with Crippen molar-refractivity contribution in [3.05, 3.63) is 24.9 Å². The lowest BCUT2D eigenvalue weighted by atomic mass is 10.1. The first-order valence-corrected chi connectivity index (χ1v) is 3.94. The molecule has 1 nitrogen and oxygen atoms in total. The van der Waals surface area contributed by atoms with Gasteiger partial charge in [0.25, 0.3) is 0 Å². The van der Waals surface area contributed by atoms with E-state index in [1.165, 1.54) is 5.57 Å². The van der Waals surface area contributed by atoms with Gasteiger partial charge in [-0.1, -0.05) is 27.0 Å². The Labute approximate surface area is 69.4 Å². The summed E-state index contributed by atoms with van der Waals surface area (Å²) in [5.74, 6) is 0. The highest BCUT2D eigenvalue weighted by Gasteiger charge is 2.63. The van der Waals surface area contributed by atoms with E-state index >= 15 is 0 Å². The molecule has 62 valence electrons. The van der Waals surface area contributed by atoms with Gasteiger partial charge in [0.15, 0.2) is 0 Å². The van der Waals surface area contributed by atoms with Crippen LogP contribution in [0.5, 0.6) is 0 Å². The second-order valence-electron chi connectivity index (χ2n) is 3.97. The first kappa shape index (κ1) is 8.38. The molecule has 1 unspecified atom stereocenters. The predicted molar refractivity (Wildman–Crippen MR) is 49.3 cm³/mol. The Hall–Kier alpha value is -0.720. The van der Waals surface area contributed by atoms with Gasteiger partial charge in [0, 0.05) is 12.5 Å². The van der Waals surface area contributed by atoms with Crippen LogP contribution in [0.15, 0.2) is 24.9 Å². The van der Waals surface area contributed by atoms with Crippen LogP contribution in [0, 0.1) is 5.41 Å². The largest absolute Gasteiger partial charge is 0.371 e. The Morgan fingerprint density at radius 1 is 1.36 bits per heavy atom. The van der Waals surface area contributed by atoms with E-state index in [4.69, 9.17) is 0 Å². The van der Waals surface area contributed by atoms with Crippen molar-refractivity contribution in [2.75, 3.05) is 7.05 Å². The van der Waals surface area contributed by atoms with Crippen LogP contribution in [0.1, 0.15) is 20.8 Å². The van der Waals surface area contributed by atoms with Crippen molar-refractivity contribution >= 4 is 0 Å². The molecule has 1 aliphatic rings. The Morgan fingerprint density at radius 3 is 1.82 bits per heavy atom. The van der Waals surface area contributed by atoms with Crippen LogP contribution in [0.3, 0.4) is 0 Å². The van der Waals surface area contributed by atoms with Crippen LogP contribution in [-0.4, -0.2) is 17.5 Å². The molecule has 0 amide bonds. The smallest absolute Gasteiger partial charge is 0.0668 e. The van der Waals surface area contributed by atoms with Crippen LogP contribution < -0.4 is 0 Å². The van der Waals surface area contributed by atoms with Crippen LogP contribution >= 0.6 is 0 Å². The topological polar surface area (TPSA) is 3.24 Å². The fourth-order valence-electron chi connectivity index (χ4n) is 1.76. The minimum Gasteiger partial charge on any atom is -0.371 e. The van der Waals surface area contributed by atoms with Crippen molar-refractivity contribution in [3.8, 4) is 0 Å². The molecule has 1 fully saturated rings. The number of nitrogens with zero attached hydrogens (tertiary/aromatic N) is 1. The zero-order valence-corrected chi connectivity index (χ0v) is 7.94. The summed E-state index contributed by atoms with van der Waals surface area (Å²) in [6, 6.07) is 0. The summed E-state index contributed by atoms with van der Waals surface area (Å²) in [7, 11) is 2.05. The van der Waals surface area contributed by atoms with Crippen LogP contribution in [-0.2, 0) is 0 Å². The van der Waals surface area contributed by atoms with Crippen LogP contribution in [0.25, 0.3) is 0 Å². The third kappa shape index (κ3) is 0.712. The highest BCUT2D eigenvalue weighted by atomic mass is 15.2. The Morgan fingerprint density at radius 2 is 1.73 bits per heavy atom. The van der Waals surface area contributed by atoms with Gasteiger partial charge in [0.05, 0.1) is 5.54 Å². The standard InChI is InChI=1S/C10H17N/c1-7-11(6)10(5)8(2)9(10,3)4/h7H,1-2H2,3-6H3. The molecule has 0 aromatic rings. The van der Waals surface area contributed by atoms with Gasteiger partial charge in [0.2, 0.25) is 0 Å². The minimum absolute atomic E-state index is 0.134. The molecule has 0 N–H and O–H groups in total. The summed E-state index contributed by atoms with van der Waals surface area (Å²) in [5, 5.41) is 0. The Kier molecular flexibility index (Phi) is 1.45. The van der Waals surface area contributed by atoms with E-state index in [-0.39, 0.29) is 11.0 Å². The predicted octanol–water partition coefficient (Wildman–Crippen LogP) is 2.42. The van der Waals surface area contributed by atoms with E-state index < -0.39 is 0 Å². The van der Waals surface area contributed by atoms with E-state index in [0.717, 1.165) is 0 Å². The maximum Gasteiger partial charge on any atom is 0.0668 e. The molecular weight excluding hydrogens is 134 g/mol. The molecule has 0 aromatic heterocycles. The van der Waals surface area contributed by atoms with Crippen molar-refractivity contribution in [2.24, 2.45) is 5.41 Å². The van der Waals surface area contributed by atoms with Gasteiger partial charge in [-0.25, -0.2) is 0 Å². The molecular formula is C10H17N. The van der Waals surface area contributed by atoms with Gasteiger partial charge in [-0.3, -0.25) is 0 Å². The molecule has 11 heavy (non-hydrogen) atoms. The molecule has 0 aromatic carbocycles. The van der Waals surface area contributed by atoms with Gasteiger partial charge in [-0.15, -0.1) is 0 Å². The maximum atomic E-state index is 4.05. The molecule has 0 heterocycles. The Bertz CT molecular complexity index is 215. The third-order valence-corrected chi connectivity index (χ3v) is 3.48. The van der Waals surface area contributed by atoms with Crippen molar-refractivity contribution in [2.45, 2.75) is 26.3 Å². The first-order valence-electron chi connectivity index (χ1n) is 3.94. The molecule has 1 aliphatic carbocycles. The third-order valence-electron chi connectivity index (χ3n) is 3.48. The average Bonchev–Trinajstić information content (AvgIpc) is 2.34. The van der Waals surface area contributed by atoms with Crippen LogP contribution in [0.2, 0.25) is 0 Å². The van der Waals surface area contributed by atoms with Gasteiger partial charge < -0.3 is 4.90 Å². The molecule has 0 spiro atoms. The fourth-order valence-corrected chi connectivity index (χ4v) is 1.76. The second kappa shape index (κ2) is 1.90. The zero-order chi connectivity index (χ0) is 8.86. The van der Waals surface area contributed by atoms with Crippen molar-refractivity contribution in [3.63, 3.8) is 0 Å². The van der Waals surface area contributed by atoms with Gasteiger partial charge in [-0.2, -0.15) is 0 Å². The van der Waals surface area contributed by atoms with Crippen molar-refractivity contribution in [1.29, 1.82) is 0 Å². The summed E-state index contributed by atoms with van der Waals surface area (Å²) in [5.41, 5.74) is 1.68. The molecule has 1 heteroatoms. The van der Waals surface area contributed by atoms with Crippen LogP contribution in [0.4, 0.5) is 0 Å². The van der Waals surface area contributed by atoms with Crippen molar-refractivity contribution in [1.82, 2.24) is 4.90 Å². The highest BCUT2D eigenvalue weighted by molar-refractivity contribution is 5.47. The SMILES string of the molecule is C=CN(C)C1(C)C(=C)C1(C)C. The summed E-state index contributed by atoms with van der Waals surface area (Å²) in [6.45, 7) is 14.4. The fraction of sp³-hybridized carbons (Fsp3) is 0.600. The summed E-state index contributed by atoms with van der Waals surface area (Å²) in [4.78, 5) is 2.13. The summed E-state index contributed by atoms with van der Waals surface area (Å²) >= 11 is 0. The monoisotopic (exact) mass is 151 g/mol. The molecule has 0 bridgehead atoms. The number of hydrogen-bond donors (Lipinski definition) is 0. The van der Waals surface area contributed by atoms with Crippen molar-refractivity contribution < 1.29 is 0 Å². The summed E-state index contributed by atoms with van der Waals surface area (Å²) < 4.78 is 0. The highest BCUT2D eigenvalue weighted by Crippen LogP contribution is 2.63. The molecule has 0 radical (unpaired) electrons. The number of likely N-dealkylation sites (N-methyl/N-ethyl adjacent to an activating group) is 1. The molecule has 1 rings (SSSR count). The number of rotatable bonds is 2. The lowest BCUT2D eigenvalue weighted by Gasteiger charge is -2.25. The minimum atomic E-state index is 0.134. The van der Waals surface area contributed by atoms with Gasteiger partial charge in [0.1, 0.15) is 0 Å². The second-order valence-corrected chi connectivity index (χ2v) is 3.97. The zero-order valence-electron chi connectivity index (χ0n) is 7.94. The maximum absolute atomic E-state index is 4.05. The molecule has 0 aliphatic heterocycles. The molecule has 1 saturated carbocycles. The Balaban J connectivity index is 2.90. The lowest BCUT2D eigenvalue weighted by molar-refractivity contribution is 0.276. The summed E-state index contributed by atoms with van der Waals surface area (Å²) in [6.07, 6.45) is 1.86. The average molecular weight is 151 g/mol. The van der Waals surface area contributed by atoms with Gasteiger partial charge in [-0.05, 0) is 18.7 Å². The number of hydrogen-bond acceptors (Lipinski definition) is 1. The molecule has 1 atom stereocenters. The van der Waals surface area contributed by atoms with E-state index in [9.17, 15) is 0 Å². The normalized spacial score (nSPS) is 33.3. The lowest BCUT2D eigenvalue weighted by Crippen LogP contribution is -2.30. The van der Waals surface area contributed by atoms with E-state index in [1.54, 1.807) is 0 Å². The van der Waals surface area contributed by atoms with E-state index in [1.807, 2.05) is 13.2 Å². The quantitative estimate of drug-likeness (QED) is 0.548. The van der Waals surface area contributed by atoms with Gasteiger partial charge >= 0.3 is 0 Å².